The van der Waals surface area contributed by atoms with Crippen LogP contribution in [0, 0.1) is 0 Å². The topological polar surface area (TPSA) is 20.2 Å². The van der Waals surface area contributed by atoms with E-state index in [-0.39, 0.29) is 0 Å². The lowest BCUT2D eigenvalue weighted by Crippen LogP contribution is -2.19. The molecule has 0 spiro atoms. The fraction of sp³-hybridized carbons (Fsp3) is 0.412. The molecule has 0 amide bonds. The molecular formula is C17H22O. The SMILES string of the molecule is CC1=CC(c2ccccc2C(C)(C)O)C(C)=C1C. The molecule has 1 aromatic carbocycles. The zero-order chi connectivity index (χ0) is 13.5. The predicted molar refractivity (Wildman–Crippen MR) is 76.6 cm³/mol. The van der Waals surface area contributed by atoms with Crippen molar-refractivity contribution in [3.05, 3.63) is 58.2 Å². The molecule has 0 aliphatic heterocycles. The van der Waals surface area contributed by atoms with Gasteiger partial charge in [-0.2, -0.15) is 0 Å². The summed E-state index contributed by atoms with van der Waals surface area (Å²) in [7, 11) is 0. The lowest BCUT2D eigenvalue weighted by Gasteiger charge is -2.24. The number of benzene rings is 1. The average molecular weight is 242 g/mol. The van der Waals surface area contributed by atoms with Gasteiger partial charge in [-0.25, -0.2) is 0 Å². The molecule has 0 radical (unpaired) electrons. The molecule has 96 valence electrons. The molecule has 0 heterocycles. The monoisotopic (exact) mass is 242 g/mol. The van der Waals surface area contributed by atoms with Gasteiger partial charge in [0.1, 0.15) is 0 Å². The van der Waals surface area contributed by atoms with Crippen LogP contribution in [0.1, 0.15) is 51.7 Å². The molecule has 0 fully saturated rings. The van der Waals surface area contributed by atoms with Crippen molar-refractivity contribution < 1.29 is 5.11 Å². The fourth-order valence-electron chi connectivity index (χ4n) is 2.69. The van der Waals surface area contributed by atoms with E-state index in [2.05, 4.69) is 39.0 Å². The van der Waals surface area contributed by atoms with Crippen LogP contribution >= 0.6 is 0 Å². The van der Waals surface area contributed by atoms with Gasteiger partial charge in [0, 0.05) is 5.92 Å². The summed E-state index contributed by atoms with van der Waals surface area (Å²) in [5.74, 6) is 0.313. The van der Waals surface area contributed by atoms with E-state index in [0.717, 1.165) is 5.56 Å². The summed E-state index contributed by atoms with van der Waals surface area (Å²) in [5.41, 5.74) is 5.57. The van der Waals surface area contributed by atoms with Gasteiger partial charge in [0.15, 0.2) is 0 Å². The lowest BCUT2D eigenvalue weighted by molar-refractivity contribution is 0.0775. The maximum atomic E-state index is 10.3. The summed E-state index contributed by atoms with van der Waals surface area (Å²) in [5, 5.41) is 10.3. The molecule has 0 saturated heterocycles. The Bertz CT molecular complexity index is 527. The van der Waals surface area contributed by atoms with E-state index in [4.69, 9.17) is 0 Å². The Balaban J connectivity index is 2.55. The quantitative estimate of drug-likeness (QED) is 0.820. The summed E-state index contributed by atoms with van der Waals surface area (Å²) < 4.78 is 0. The molecule has 1 N–H and O–H groups in total. The van der Waals surface area contributed by atoms with Crippen molar-refractivity contribution in [2.75, 3.05) is 0 Å². The Morgan fingerprint density at radius 3 is 2.17 bits per heavy atom. The first-order chi connectivity index (χ1) is 8.32. The second-order valence-corrected chi connectivity index (χ2v) is 5.78. The van der Waals surface area contributed by atoms with Crippen molar-refractivity contribution in [3.63, 3.8) is 0 Å². The second-order valence-electron chi connectivity index (χ2n) is 5.78. The Morgan fingerprint density at radius 2 is 1.67 bits per heavy atom. The van der Waals surface area contributed by atoms with Crippen molar-refractivity contribution >= 4 is 0 Å². The van der Waals surface area contributed by atoms with Crippen molar-refractivity contribution in [2.45, 2.75) is 46.1 Å². The maximum Gasteiger partial charge on any atom is 0.0843 e. The highest BCUT2D eigenvalue weighted by atomic mass is 16.3. The van der Waals surface area contributed by atoms with E-state index < -0.39 is 5.60 Å². The van der Waals surface area contributed by atoms with Crippen LogP contribution < -0.4 is 0 Å². The molecule has 1 aliphatic carbocycles. The fourth-order valence-corrected chi connectivity index (χ4v) is 2.69. The number of aliphatic hydroxyl groups is 1. The lowest BCUT2D eigenvalue weighted by atomic mass is 9.84. The van der Waals surface area contributed by atoms with Crippen molar-refractivity contribution in [1.82, 2.24) is 0 Å². The molecule has 2 rings (SSSR count). The van der Waals surface area contributed by atoms with Crippen LogP contribution in [0.5, 0.6) is 0 Å². The first kappa shape index (κ1) is 13.1. The number of allylic oxidation sites excluding steroid dienone is 4. The summed E-state index contributed by atoms with van der Waals surface area (Å²) in [6.07, 6.45) is 2.30. The minimum atomic E-state index is -0.797. The zero-order valence-electron chi connectivity index (χ0n) is 11.9. The molecule has 1 aliphatic rings. The molecule has 0 aromatic heterocycles. The van der Waals surface area contributed by atoms with E-state index >= 15 is 0 Å². The Labute approximate surface area is 110 Å². The van der Waals surface area contributed by atoms with Crippen LogP contribution in [-0.2, 0) is 5.60 Å². The molecule has 1 nitrogen and oxygen atoms in total. The highest BCUT2D eigenvalue weighted by molar-refractivity contribution is 5.51. The van der Waals surface area contributed by atoms with Gasteiger partial charge >= 0.3 is 0 Å². The third-order valence-electron chi connectivity index (χ3n) is 4.02. The zero-order valence-corrected chi connectivity index (χ0v) is 11.9. The van der Waals surface area contributed by atoms with E-state index in [1.165, 1.54) is 22.3 Å². The van der Waals surface area contributed by atoms with Crippen molar-refractivity contribution in [1.29, 1.82) is 0 Å². The van der Waals surface area contributed by atoms with Gasteiger partial charge in [0.05, 0.1) is 5.60 Å². The standard InChI is InChI=1S/C17H22O/c1-11-10-15(13(3)12(11)2)14-8-6-7-9-16(14)17(4,5)18/h6-10,15,18H,1-5H3. The first-order valence-electron chi connectivity index (χ1n) is 6.50. The average Bonchev–Trinajstić information content (AvgIpc) is 2.56. The number of hydrogen-bond donors (Lipinski definition) is 1. The second kappa shape index (κ2) is 4.40. The van der Waals surface area contributed by atoms with E-state index in [1.807, 2.05) is 26.0 Å². The van der Waals surface area contributed by atoms with Gasteiger partial charge in [-0.05, 0) is 51.3 Å². The first-order valence-corrected chi connectivity index (χ1v) is 6.50. The van der Waals surface area contributed by atoms with Crippen LogP contribution in [0.15, 0.2) is 47.1 Å². The normalized spacial score (nSPS) is 20.3. The predicted octanol–water partition coefficient (Wildman–Crippen LogP) is 4.29. The molecule has 18 heavy (non-hydrogen) atoms. The molecule has 1 atom stereocenters. The van der Waals surface area contributed by atoms with Gasteiger partial charge in [-0.15, -0.1) is 0 Å². The van der Waals surface area contributed by atoms with Gasteiger partial charge < -0.3 is 5.11 Å². The largest absolute Gasteiger partial charge is 0.386 e. The number of hydrogen-bond acceptors (Lipinski definition) is 1. The molecule has 1 aromatic rings. The molecule has 0 saturated carbocycles. The van der Waals surface area contributed by atoms with Crippen molar-refractivity contribution in [2.24, 2.45) is 0 Å². The highest BCUT2D eigenvalue weighted by Crippen LogP contribution is 2.40. The Morgan fingerprint density at radius 1 is 1.06 bits per heavy atom. The molecular weight excluding hydrogens is 220 g/mol. The number of rotatable bonds is 2. The van der Waals surface area contributed by atoms with Gasteiger partial charge in [0.2, 0.25) is 0 Å². The van der Waals surface area contributed by atoms with Crippen LogP contribution in [0.2, 0.25) is 0 Å². The third-order valence-corrected chi connectivity index (χ3v) is 4.02. The summed E-state index contributed by atoms with van der Waals surface area (Å²) in [6, 6.07) is 8.20. The van der Waals surface area contributed by atoms with E-state index in [1.54, 1.807) is 0 Å². The van der Waals surface area contributed by atoms with Gasteiger partial charge in [0.25, 0.3) is 0 Å². The summed E-state index contributed by atoms with van der Waals surface area (Å²) in [6.45, 7) is 10.2. The van der Waals surface area contributed by atoms with Crippen LogP contribution in [0.25, 0.3) is 0 Å². The highest BCUT2D eigenvalue weighted by Gasteiger charge is 2.27. The molecule has 0 bridgehead atoms. The van der Waals surface area contributed by atoms with E-state index in [0.29, 0.717) is 5.92 Å². The minimum Gasteiger partial charge on any atom is -0.386 e. The third kappa shape index (κ3) is 2.15. The van der Waals surface area contributed by atoms with Gasteiger partial charge in [-0.1, -0.05) is 41.5 Å². The molecule has 1 heteroatoms. The summed E-state index contributed by atoms with van der Waals surface area (Å²) >= 11 is 0. The smallest absolute Gasteiger partial charge is 0.0843 e. The van der Waals surface area contributed by atoms with Gasteiger partial charge in [-0.3, -0.25) is 0 Å². The van der Waals surface area contributed by atoms with Crippen LogP contribution in [-0.4, -0.2) is 5.11 Å². The Kier molecular flexibility index (Phi) is 3.20. The van der Waals surface area contributed by atoms with Crippen molar-refractivity contribution in [3.8, 4) is 0 Å². The van der Waals surface area contributed by atoms with Crippen LogP contribution in [0.4, 0.5) is 0 Å². The Hall–Kier alpha value is -1.34. The van der Waals surface area contributed by atoms with Crippen LogP contribution in [0.3, 0.4) is 0 Å². The maximum absolute atomic E-state index is 10.3. The minimum absolute atomic E-state index is 0.313. The van der Waals surface area contributed by atoms with E-state index in [9.17, 15) is 5.11 Å². The summed E-state index contributed by atoms with van der Waals surface area (Å²) in [4.78, 5) is 0. The molecule has 1 unspecified atom stereocenters.